The van der Waals surface area contributed by atoms with Crippen molar-refractivity contribution in [3.63, 3.8) is 0 Å². The van der Waals surface area contributed by atoms with Crippen LogP contribution >= 0.6 is 35.3 Å². The van der Waals surface area contributed by atoms with Gasteiger partial charge in [-0.05, 0) is 30.0 Å². The van der Waals surface area contributed by atoms with Crippen LogP contribution in [0.1, 0.15) is 32.8 Å². The van der Waals surface area contributed by atoms with Crippen LogP contribution in [-0.4, -0.2) is 37.1 Å². The molecule has 2 aromatic heterocycles. The monoisotopic (exact) mass is 471 g/mol. The van der Waals surface area contributed by atoms with E-state index < -0.39 is 17.2 Å². The summed E-state index contributed by atoms with van der Waals surface area (Å²) in [5, 5.41) is 21.8. The summed E-state index contributed by atoms with van der Waals surface area (Å²) in [6.45, 7) is 4.93. The van der Waals surface area contributed by atoms with Crippen LogP contribution in [0, 0.1) is 18.3 Å². The highest BCUT2D eigenvalue weighted by atomic mass is 32.2. The Kier molecular flexibility index (Phi) is 6.90. The van der Waals surface area contributed by atoms with Crippen LogP contribution in [0.4, 0.5) is 0 Å². The predicted molar refractivity (Wildman–Crippen MR) is 125 cm³/mol. The summed E-state index contributed by atoms with van der Waals surface area (Å²) in [4.78, 5) is 40.7. The van der Waals surface area contributed by atoms with Crippen molar-refractivity contribution >= 4 is 57.4 Å². The van der Waals surface area contributed by atoms with Gasteiger partial charge in [0.15, 0.2) is 5.78 Å². The number of nitrogens with zero attached hydrogens (tertiary/aromatic N) is 3. The maximum absolute atomic E-state index is 12.9. The van der Waals surface area contributed by atoms with E-state index in [0.717, 1.165) is 9.44 Å². The average Bonchev–Trinajstić information content (AvgIpc) is 3.32. The molecule has 7 nitrogen and oxygen atoms in total. The van der Waals surface area contributed by atoms with E-state index in [4.69, 9.17) is 12.2 Å². The van der Waals surface area contributed by atoms with Gasteiger partial charge in [-0.25, -0.2) is 0 Å². The van der Waals surface area contributed by atoms with E-state index in [1.807, 2.05) is 17.5 Å². The van der Waals surface area contributed by atoms with Gasteiger partial charge in [0.1, 0.15) is 16.0 Å². The van der Waals surface area contributed by atoms with Gasteiger partial charge in [0, 0.05) is 24.4 Å². The Morgan fingerprint density at radius 1 is 1.42 bits per heavy atom. The number of thiocarbonyl (C=S) groups is 1. The number of ketones is 1. The molecule has 1 saturated heterocycles. The smallest absolute Gasteiger partial charge is 0.271 e. The van der Waals surface area contributed by atoms with Gasteiger partial charge in [-0.2, -0.15) is 5.26 Å². The first-order chi connectivity index (χ1) is 14.8. The molecule has 0 unspecified atom stereocenters. The molecule has 3 heterocycles. The molecule has 31 heavy (non-hydrogen) atoms. The van der Waals surface area contributed by atoms with E-state index in [1.165, 1.54) is 41.0 Å². The highest BCUT2D eigenvalue weighted by Crippen LogP contribution is 2.33. The van der Waals surface area contributed by atoms with Crippen molar-refractivity contribution in [2.45, 2.75) is 19.9 Å². The minimum absolute atomic E-state index is 0.0205. The number of allylic oxidation sites excluding steroid dienone is 1. The quantitative estimate of drug-likeness (QED) is 0.285. The zero-order valence-corrected chi connectivity index (χ0v) is 18.9. The molecule has 3 rings (SSSR count). The van der Waals surface area contributed by atoms with E-state index in [-0.39, 0.29) is 42.1 Å². The predicted octanol–water partition coefficient (Wildman–Crippen LogP) is 3.46. The standard InChI is InChI=1S/C21H17N3O4S3/c1-3-7-23-18(26)14(11-22)12(2)17(20(23)28)15(25)6-8-24-19(27)16(31-21(24)29)10-13-5-4-9-30-13/h3-5,9-10,28H,1,6-8H2,2H3/b16-10-. The van der Waals surface area contributed by atoms with Gasteiger partial charge in [0.2, 0.25) is 5.88 Å². The molecular formula is C21H17N3O4S3. The van der Waals surface area contributed by atoms with Crippen LogP contribution in [0.2, 0.25) is 0 Å². The van der Waals surface area contributed by atoms with Crippen molar-refractivity contribution in [3.05, 3.63) is 67.0 Å². The summed E-state index contributed by atoms with van der Waals surface area (Å²) >= 11 is 7.96. The topological polar surface area (TPSA) is 103 Å². The first-order valence-corrected chi connectivity index (χ1v) is 11.2. The summed E-state index contributed by atoms with van der Waals surface area (Å²) in [5.41, 5.74) is -0.909. The Hall–Kier alpha value is -3.00. The first kappa shape index (κ1) is 22.7. The van der Waals surface area contributed by atoms with E-state index >= 15 is 0 Å². The Bertz CT molecular complexity index is 1220. The molecule has 0 saturated carbocycles. The molecule has 1 N–H and O–H groups in total. The van der Waals surface area contributed by atoms with Gasteiger partial charge >= 0.3 is 0 Å². The molecule has 0 atom stereocenters. The molecule has 0 bridgehead atoms. The van der Waals surface area contributed by atoms with Gasteiger partial charge < -0.3 is 5.11 Å². The highest BCUT2D eigenvalue weighted by Gasteiger charge is 2.33. The first-order valence-electron chi connectivity index (χ1n) is 9.09. The maximum atomic E-state index is 12.9. The number of carbonyl (C=O) groups is 2. The summed E-state index contributed by atoms with van der Waals surface area (Å²) in [6.07, 6.45) is 3.00. The van der Waals surface area contributed by atoms with Crippen molar-refractivity contribution in [1.29, 1.82) is 5.26 Å². The lowest BCUT2D eigenvalue weighted by Gasteiger charge is -2.16. The summed E-state index contributed by atoms with van der Waals surface area (Å²) in [6, 6.07) is 5.56. The SMILES string of the molecule is C=CCn1c(O)c(C(=O)CCN2C(=O)/C(=C/c3cccs3)SC2=S)c(C)c(C#N)c1=O. The van der Waals surface area contributed by atoms with Crippen LogP contribution in [0.3, 0.4) is 0 Å². The molecule has 0 spiro atoms. The second kappa shape index (κ2) is 9.43. The molecule has 1 aliphatic heterocycles. The fourth-order valence-corrected chi connectivity index (χ4v) is 5.15. The van der Waals surface area contributed by atoms with Crippen LogP contribution in [-0.2, 0) is 11.3 Å². The second-order valence-corrected chi connectivity index (χ2v) is 9.19. The number of aromatic nitrogens is 1. The van der Waals surface area contributed by atoms with E-state index in [2.05, 4.69) is 6.58 Å². The lowest BCUT2D eigenvalue weighted by atomic mass is 10.00. The molecule has 0 aromatic carbocycles. The number of carbonyl (C=O) groups excluding carboxylic acids is 2. The Morgan fingerprint density at radius 3 is 2.77 bits per heavy atom. The Labute approximate surface area is 191 Å². The third-order valence-corrected chi connectivity index (χ3v) is 6.84. The number of amides is 1. The van der Waals surface area contributed by atoms with Crippen molar-refractivity contribution in [2.75, 3.05) is 6.54 Å². The van der Waals surface area contributed by atoms with Gasteiger partial charge in [0.25, 0.3) is 11.5 Å². The lowest BCUT2D eigenvalue weighted by Crippen LogP contribution is -2.31. The zero-order valence-electron chi connectivity index (χ0n) is 16.5. The van der Waals surface area contributed by atoms with Crippen LogP contribution in [0.15, 0.2) is 39.9 Å². The lowest BCUT2D eigenvalue weighted by molar-refractivity contribution is -0.122. The average molecular weight is 472 g/mol. The fourth-order valence-electron chi connectivity index (χ4n) is 3.12. The number of hydrogen-bond donors (Lipinski definition) is 1. The minimum atomic E-state index is -0.690. The zero-order chi connectivity index (χ0) is 22.7. The van der Waals surface area contributed by atoms with Gasteiger partial charge in [-0.1, -0.05) is 36.1 Å². The number of Topliss-reactive ketones (excluding diaryl/α,β-unsaturated/α-hetero) is 1. The van der Waals surface area contributed by atoms with Crippen LogP contribution in [0.5, 0.6) is 5.88 Å². The van der Waals surface area contributed by atoms with E-state index in [1.54, 1.807) is 12.1 Å². The maximum Gasteiger partial charge on any atom is 0.271 e. The minimum Gasteiger partial charge on any atom is -0.494 e. The highest BCUT2D eigenvalue weighted by molar-refractivity contribution is 8.26. The van der Waals surface area contributed by atoms with Crippen LogP contribution in [0.25, 0.3) is 6.08 Å². The van der Waals surface area contributed by atoms with Crippen molar-refractivity contribution in [1.82, 2.24) is 9.47 Å². The van der Waals surface area contributed by atoms with E-state index in [0.29, 0.717) is 9.23 Å². The number of thioether (sulfide) groups is 1. The van der Waals surface area contributed by atoms with Gasteiger partial charge in [0.05, 0.1) is 10.5 Å². The third kappa shape index (κ3) is 4.39. The molecule has 158 valence electrons. The largest absolute Gasteiger partial charge is 0.494 e. The second-order valence-electron chi connectivity index (χ2n) is 6.54. The molecule has 1 fully saturated rings. The number of nitriles is 1. The number of rotatable bonds is 7. The summed E-state index contributed by atoms with van der Waals surface area (Å²) < 4.78 is 1.27. The molecule has 0 aliphatic carbocycles. The van der Waals surface area contributed by atoms with Crippen LogP contribution < -0.4 is 5.56 Å². The number of hydrogen-bond acceptors (Lipinski definition) is 8. The molecule has 0 radical (unpaired) electrons. The molecular weight excluding hydrogens is 454 g/mol. The molecule has 2 aromatic rings. The van der Waals surface area contributed by atoms with Crippen molar-refractivity contribution in [3.8, 4) is 11.9 Å². The molecule has 1 aliphatic rings. The van der Waals surface area contributed by atoms with Crippen molar-refractivity contribution < 1.29 is 14.7 Å². The molecule has 1 amide bonds. The Balaban J connectivity index is 1.84. The van der Waals surface area contributed by atoms with Gasteiger partial charge in [-0.3, -0.25) is 23.9 Å². The fraction of sp³-hybridized carbons (Fsp3) is 0.190. The summed E-state index contributed by atoms with van der Waals surface area (Å²) in [7, 11) is 0. The number of thiophene rings is 1. The van der Waals surface area contributed by atoms with E-state index in [9.17, 15) is 24.8 Å². The van der Waals surface area contributed by atoms with Gasteiger partial charge in [-0.15, -0.1) is 17.9 Å². The summed E-state index contributed by atoms with van der Waals surface area (Å²) in [5.74, 6) is -1.30. The van der Waals surface area contributed by atoms with Crippen molar-refractivity contribution in [2.24, 2.45) is 0 Å². The Morgan fingerprint density at radius 2 is 2.16 bits per heavy atom. The normalized spacial score (nSPS) is 14.8. The third-order valence-electron chi connectivity index (χ3n) is 4.64. The number of pyridine rings is 1. The number of aromatic hydroxyl groups is 1. The molecule has 10 heteroatoms.